The molecule has 1 heterocycles. The molecule has 0 amide bonds. The van der Waals surface area contributed by atoms with E-state index in [0.29, 0.717) is 12.1 Å². The summed E-state index contributed by atoms with van der Waals surface area (Å²) in [7, 11) is 0. The largest absolute Gasteiger partial charge is 0.306 e. The Morgan fingerprint density at radius 1 is 1.37 bits per heavy atom. The van der Waals surface area contributed by atoms with Gasteiger partial charge in [0.1, 0.15) is 0 Å². The van der Waals surface area contributed by atoms with Gasteiger partial charge in [0, 0.05) is 11.3 Å². The Hall–Kier alpha value is -0.620. The summed E-state index contributed by atoms with van der Waals surface area (Å²) in [6.45, 7) is 7.23. The lowest BCUT2D eigenvalue weighted by Crippen LogP contribution is -2.40. The van der Waals surface area contributed by atoms with Crippen molar-refractivity contribution in [2.45, 2.75) is 70.3 Å². The Labute approximate surface area is 119 Å². The van der Waals surface area contributed by atoms with Crippen molar-refractivity contribution >= 4 is 11.8 Å². The normalized spacial score (nSPS) is 24.0. The second-order valence-electron chi connectivity index (χ2n) is 5.40. The van der Waals surface area contributed by atoms with Crippen molar-refractivity contribution in [3.05, 3.63) is 5.82 Å². The number of nitrogens with zero attached hydrogens (tertiary/aromatic N) is 4. The molecule has 2 atom stereocenters. The molecule has 0 radical (unpaired) electrons. The topological polar surface area (TPSA) is 55.6 Å². The molecule has 0 spiro atoms. The van der Waals surface area contributed by atoms with Crippen LogP contribution in [0.4, 0.5) is 0 Å². The van der Waals surface area contributed by atoms with E-state index in [-0.39, 0.29) is 0 Å². The van der Waals surface area contributed by atoms with Gasteiger partial charge in [-0.2, -0.15) is 11.8 Å². The predicted molar refractivity (Wildman–Crippen MR) is 79.2 cm³/mol. The monoisotopic (exact) mass is 283 g/mol. The smallest absolute Gasteiger partial charge is 0.165 e. The first-order valence-corrected chi connectivity index (χ1v) is 8.39. The fourth-order valence-electron chi connectivity index (χ4n) is 2.70. The molecule has 5 nitrogen and oxygen atoms in total. The second-order valence-corrected chi connectivity index (χ2v) is 6.92. The molecule has 19 heavy (non-hydrogen) atoms. The summed E-state index contributed by atoms with van der Waals surface area (Å²) in [5.74, 6) is 2.15. The zero-order valence-corrected chi connectivity index (χ0v) is 13.0. The van der Waals surface area contributed by atoms with Crippen molar-refractivity contribution in [2.75, 3.05) is 5.75 Å². The Morgan fingerprint density at radius 2 is 2.16 bits per heavy atom. The number of rotatable bonds is 6. The molecule has 0 aromatic carbocycles. The molecule has 1 aromatic heterocycles. The first-order valence-electron chi connectivity index (χ1n) is 7.34. The van der Waals surface area contributed by atoms with Crippen LogP contribution in [-0.2, 0) is 6.54 Å². The highest BCUT2D eigenvalue weighted by molar-refractivity contribution is 7.99. The van der Waals surface area contributed by atoms with E-state index in [2.05, 4.69) is 53.4 Å². The van der Waals surface area contributed by atoms with Crippen LogP contribution in [0.1, 0.15) is 58.3 Å². The molecular formula is C13H25N5S. The van der Waals surface area contributed by atoms with Crippen molar-refractivity contribution in [2.24, 2.45) is 0 Å². The molecule has 1 aromatic rings. The van der Waals surface area contributed by atoms with Gasteiger partial charge in [-0.25, -0.2) is 4.68 Å². The van der Waals surface area contributed by atoms with E-state index < -0.39 is 0 Å². The summed E-state index contributed by atoms with van der Waals surface area (Å²) in [5, 5.41) is 16.4. The lowest BCUT2D eigenvalue weighted by molar-refractivity contribution is 0.372. The predicted octanol–water partition coefficient (Wildman–Crippen LogP) is 2.41. The van der Waals surface area contributed by atoms with Gasteiger partial charge < -0.3 is 5.32 Å². The van der Waals surface area contributed by atoms with E-state index in [1.165, 1.54) is 31.4 Å². The summed E-state index contributed by atoms with van der Waals surface area (Å²) in [6, 6.07) is 0.926. The van der Waals surface area contributed by atoms with Crippen LogP contribution in [0.5, 0.6) is 0 Å². The highest BCUT2D eigenvalue weighted by Crippen LogP contribution is 2.28. The quantitative estimate of drug-likeness (QED) is 0.869. The molecule has 1 fully saturated rings. The molecule has 1 aliphatic carbocycles. The van der Waals surface area contributed by atoms with Crippen molar-refractivity contribution in [1.82, 2.24) is 25.5 Å². The fourth-order valence-corrected chi connectivity index (χ4v) is 3.92. The number of hydrogen-bond acceptors (Lipinski definition) is 5. The van der Waals surface area contributed by atoms with Crippen LogP contribution in [0.2, 0.25) is 0 Å². The molecule has 0 bridgehead atoms. The summed E-state index contributed by atoms with van der Waals surface area (Å²) in [5.41, 5.74) is 0. The molecule has 0 aliphatic heterocycles. The van der Waals surface area contributed by atoms with Gasteiger partial charge in [-0.1, -0.05) is 19.8 Å². The Bertz CT molecular complexity index is 377. The van der Waals surface area contributed by atoms with Crippen LogP contribution < -0.4 is 5.32 Å². The number of aromatic nitrogens is 4. The average molecular weight is 283 g/mol. The Kier molecular flexibility index (Phi) is 5.63. The number of nitrogens with one attached hydrogen (secondary N) is 1. The van der Waals surface area contributed by atoms with E-state index >= 15 is 0 Å². The maximum absolute atomic E-state index is 4.13. The lowest BCUT2D eigenvalue weighted by Gasteiger charge is -2.31. The number of hydrogen-bond donors (Lipinski definition) is 1. The van der Waals surface area contributed by atoms with Crippen LogP contribution >= 0.6 is 11.8 Å². The third-order valence-electron chi connectivity index (χ3n) is 3.66. The molecule has 1 N–H and O–H groups in total. The van der Waals surface area contributed by atoms with E-state index in [1.54, 1.807) is 0 Å². The van der Waals surface area contributed by atoms with Gasteiger partial charge in [0.15, 0.2) is 5.82 Å². The van der Waals surface area contributed by atoms with Crippen LogP contribution in [0.3, 0.4) is 0 Å². The van der Waals surface area contributed by atoms with Gasteiger partial charge in [0.2, 0.25) is 0 Å². The zero-order chi connectivity index (χ0) is 13.7. The SMILES string of the molecule is CCS[C@@H]1CCCC[C@@H]1NCc1nnnn1C(C)C. The minimum Gasteiger partial charge on any atom is -0.306 e. The second kappa shape index (κ2) is 7.24. The lowest BCUT2D eigenvalue weighted by atomic mass is 9.95. The van der Waals surface area contributed by atoms with Crippen LogP contribution in [0, 0.1) is 0 Å². The van der Waals surface area contributed by atoms with E-state index in [1.807, 2.05) is 4.68 Å². The van der Waals surface area contributed by atoms with E-state index in [9.17, 15) is 0 Å². The minimum absolute atomic E-state index is 0.318. The van der Waals surface area contributed by atoms with E-state index in [4.69, 9.17) is 0 Å². The average Bonchev–Trinajstić information content (AvgIpc) is 2.86. The molecule has 1 aliphatic rings. The number of thioether (sulfide) groups is 1. The van der Waals surface area contributed by atoms with Crippen molar-refractivity contribution in [3.8, 4) is 0 Å². The molecule has 2 rings (SSSR count). The highest BCUT2D eigenvalue weighted by atomic mass is 32.2. The molecular weight excluding hydrogens is 258 g/mol. The third-order valence-corrected chi connectivity index (χ3v) is 4.98. The van der Waals surface area contributed by atoms with Gasteiger partial charge in [0.05, 0.1) is 12.6 Å². The van der Waals surface area contributed by atoms with Crippen LogP contribution in [-0.4, -0.2) is 37.3 Å². The first kappa shape index (κ1) is 14.8. The molecule has 108 valence electrons. The maximum atomic E-state index is 4.13. The van der Waals surface area contributed by atoms with Crippen molar-refractivity contribution in [1.29, 1.82) is 0 Å². The van der Waals surface area contributed by atoms with Crippen molar-refractivity contribution < 1.29 is 0 Å². The van der Waals surface area contributed by atoms with Crippen molar-refractivity contribution in [3.63, 3.8) is 0 Å². The zero-order valence-electron chi connectivity index (χ0n) is 12.2. The molecule has 1 saturated carbocycles. The summed E-state index contributed by atoms with van der Waals surface area (Å²) in [4.78, 5) is 0. The molecule has 0 saturated heterocycles. The van der Waals surface area contributed by atoms with Gasteiger partial charge in [-0.05, 0) is 42.9 Å². The van der Waals surface area contributed by atoms with Crippen LogP contribution in [0.25, 0.3) is 0 Å². The first-order chi connectivity index (χ1) is 9.22. The van der Waals surface area contributed by atoms with Gasteiger partial charge >= 0.3 is 0 Å². The molecule has 0 unspecified atom stereocenters. The Morgan fingerprint density at radius 3 is 2.89 bits per heavy atom. The Balaban J connectivity index is 1.91. The van der Waals surface area contributed by atoms with Crippen LogP contribution in [0.15, 0.2) is 0 Å². The number of tetrazole rings is 1. The summed E-state index contributed by atoms with van der Waals surface area (Å²) in [6.07, 6.45) is 5.33. The van der Waals surface area contributed by atoms with Gasteiger partial charge in [-0.3, -0.25) is 0 Å². The molecule has 6 heteroatoms. The fraction of sp³-hybridized carbons (Fsp3) is 0.923. The van der Waals surface area contributed by atoms with Gasteiger partial charge in [0.25, 0.3) is 0 Å². The maximum Gasteiger partial charge on any atom is 0.165 e. The summed E-state index contributed by atoms with van der Waals surface area (Å²) < 4.78 is 1.90. The summed E-state index contributed by atoms with van der Waals surface area (Å²) >= 11 is 2.09. The standard InChI is InChI=1S/C13H25N5S/c1-4-19-12-8-6-5-7-11(12)14-9-13-15-16-17-18(13)10(2)3/h10-12,14H,4-9H2,1-3H3/t11-,12+/m0/s1. The highest BCUT2D eigenvalue weighted by Gasteiger charge is 2.25. The van der Waals surface area contributed by atoms with E-state index in [0.717, 1.165) is 17.6 Å². The minimum atomic E-state index is 0.318. The third kappa shape index (κ3) is 3.92. The van der Waals surface area contributed by atoms with Gasteiger partial charge in [-0.15, -0.1) is 5.10 Å².